The summed E-state index contributed by atoms with van der Waals surface area (Å²) in [5, 5.41) is 0. The van der Waals surface area contributed by atoms with E-state index in [1.807, 2.05) is 0 Å². The van der Waals surface area contributed by atoms with Crippen LogP contribution in [0.3, 0.4) is 0 Å². The van der Waals surface area contributed by atoms with Crippen molar-refractivity contribution in [3.8, 4) is 0 Å². The van der Waals surface area contributed by atoms with E-state index in [2.05, 4.69) is 30.4 Å². The first-order valence-corrected chi connectivity index (χ1v) is 9.64. The number of aromatic nitrogens is 1. The minimum atomic E-state index is -3.77. The fraction of sp³-hybridized carbons (Fsp3) is 0.444. The number of rotatable bonds is 7. The van der Waals surface area contributed by atoms with E-state index < -0.39 is 20.0 Å². The molecule has 0 spiro atoms. The molecule has 0 amide bonds. The molecule has 114 valence electrons. The summed E-state index contributed by atoms with van der Waals surface area (Å²) in [6.07, 6.45) is 2.74. The minimum Gasteiger partial charge on any atom is -0.383 e. The van der Waals surface area contributed by atoms with E-state index in [9.17, 15) is 16.8 Å². The topological polar surface area (TPSA) is 131 Å². The van der Waals surface area contributed by atoms with Gasteiger partial charge in [-0.2, -0.15) is 0 Å². The summed E-state index contributed by atoms with van der Waals surface area (Å²) in [5.74, 6) is -0.102. The van der Waals surface area contributed by atoms with E-state index in [0.717, 1.165) is 6.26 Å². The normalized spacial score (nSPS) is 12.5. The molecule has 0 atom stereocenters. The van der Waals surface area contributed by atoms with Crippen molar-refractivity contribution in [2.24, 2.45) is 0 Å². The second kappa shape index (κ2) is 6.80. The van der Waals surface area contributed by atoms with Crippen molar-refractivity contribution in [3.63, 3.8) is 0 Å². The van der Waals surface area contributed by atoms with Gasteiger partial charge in [0.15, 0.2) is 0 Å². The van der Waals surface area contributed by atoms with Crippen molar-refractivity contribution in [1.29, 1.82) is 0 Å². The summed E-state index contributed by atoms with van der Waals surface area (Å²) >= 11 is 3.12. The maximum Gasteiger partial charge on any atom is 0.244 e. The van der Waals surface area contributed by atoms with Crippen LogP contribution in [0.5, 0.6) is 0 Å². The first kappa shape index (κ1) is 17.3. The highest BCUT2D eigenvalue weighted by atomic mass is 79.9. The number of hydrogen-bond donors (Lipinski definition) is 3. The van der Waals surface area contributed by atoms with Gasteiger partial charge in [-0.3, -0.25) is 0 Å². The third kappa shape index (κ3) is 5.71. The third-order valence-electron chi connectivity index (χ3n) is 2.15. The third-order valence-corrected chi connectivity index (χ3v) is 4.80. The molecule has 20 heavy (non-hydrogen) atoms. The van der Waals surface area contributed by atoms with Crippen LogP contribution in [-0.2, 0) is 20.0 Å². The van der Waals surface area contributed by atoms with Crippen LogP contribution in [-0.4, -0.2) is 41.2 Å². The summed E-state index contributed by atoms with van der Waals surface area (Å²) < 4.78 is 50.7. The zero-order valence-corrected chi connectivity index (χ0v) is 13.8. The Kier molecular flexibility index (Phi) is 5.89. The summed E-state index contributed by atoms with van der Waals surface area (Å²) in [6.45, 7) is 0.227. The Balaban J connectivity index is 2.60. The van der Waals surface area contributed by atoms with E-state index in [1.54, 1.807) is 0 Å². The zero-order chi connectivity index (χ0) is 15.4. The van der Waals surface area contributed by atoms with Crippen molar-refractivity contribution >= 4 is 41.8 Å². The average Bonchev–Trinajstić information content (AvgIpc) is 2.30. The molecule has 0 fully saturated rings. The molecule has 0 aliphatic heterocycles. The molecule has 0 bridgehead atoms. The van der Waals surface area contributed by atoms with Crippen LogP contribution in [0.1, 0.15) is 6.42 Å². The standard InChI is InChI=1S/C9H15BrN4O4S2/c1-19(15,16)13-3-2-4-14-20(17,18)8-5-7(10)6-12-9(8)11/h5-6,13-14H,2-4H2,1H3,(H2,11,12). The van der Waals surface area contributed by atoms with Gasteiger partial charge in [-0.15, -0.1) is 0 Å². The number of nitrogen functional groups attached to an aromatic ring is 1. The smallest absolute Gasteiger partial charge is 0.244 e. The first-order chi connectivity index (χ1) is 9.12. The Morgan fingerprint density at radius 3 is 2.45 bits per heavy atom. The fourth-order valence-corrected chi connectivity index (χ4v) is 3.45. The number of nitrogens with one attached hydrogen (secondary N) is 2. The highest BCUT2D eigenvalue weighted by Gasteiger charge is 2.18. The number of hydrogen-bond acceptors (Lipinski definition) is 6. The van der Waals surface area contributed by atoms with Crippen LogP contribution in [0.15, 0.2) is 21.6 Å². The molecule has 1 rings (SSSR count). The van der Waals surface area contributed by atoms with Crippen LogP contribution >= 0.6 is 15.9 Å². The molecule has 0 saturated carbocycles. The maximum absolute atomic E-state index is 12.0. The van der Waals surface area contributed by atoms with Crippen LogP contribution in [0.25, 0.3) is 0 Å². The van der Waals surface area contributed by atoms with Crippen LogP contribution in [0.4, 0.5) is 5.82 Å². The predicted molar refractivity (Wildman–Crippen MR) is 79.0 cm³/mol. The summed E-state index contributed by atoms with van der Waals surface area (Å²) in [6, 6.07) is 1.35. The van der Waals surface area contributed by atoms with Crippen LogP contribution in [0.2, 0.25) is 0 Å². The molecular formula is C9H15BrN4O4S2. The van der Waals surface area contributed by atoms with Crippen molar-refractivity contribution in [2.75, 3.05) is 25.1 Å². The Hall–Kier alpha value is -0.750. The Bertz CT molecular complexity index is 675. The molecule has 0 radical (unpaired) electrons. The van der Waals surface area contributed by atoms with Crippen molar-refractivity contribution in [2.45, 2.75) is 11.3 Å². The molecule has 0 aromatic carbocycles. The summed E-state index contributed by atoms with van der Waals surface area (Å²) in [5.41, 5.74) is 5.52. The molecule has 8 nitrogen and oxygen atoms in total. The highest BCUT2D eigenvalue weighted by molar-refractivity contribution is 9.10. The van der Waals surface area contributed by atoms with E-state index in [0.29, 0.717) is 10.9 Å². The van der Waals surface area contributed by atoms with Crippen LogP contribution < -0.4 is 15.2 Å². The zero-order valence-electron chi connectivity index (χ0n) is 10.6. The molecule has 0 saturated heterocycles. The first-order valence-electron chi connectivity index (χ1n) is 5.47. The lowest BCUT2D eigenvalue weighted by atomic mass is 10.4. The second-order valence-corrected chi connectivity index (χ2v) is 8.44. The number of halogens is 1. The monoisotopic (exact) mass is 386 g/mol. The van der Waals surface area contributed by atoms with Gasteiger partial charge in [0.2, 0.25) is 20.0 Å². The quantitative estimate of drug-likeness (QED) is 0.548. The van der Waals surface area contributed by atoms with E-state index in [4.69, 9.17) is 5.73 Å². The summed E-state index contributed by atoms with van der Waals surface area (Å²) in [7, 11) is -7.04. The largest absolute Gasteiger partial charge is 0.383 e. The summed E-state index contributed by atoms with van der Waals surface area (Å²) in [4.78, 5) is 3.62. The van der Waals surface area contributed by atoms with Crippen molar-refractivity contribution in [1.82, 2.24) is 14.4 Å². The SMILES string of the molecule is CS(=O)(=O)NCCCNS(=O)(=O)c1cc(Br)cnc1N. The van der Waals surface area contributed by atoms with Gasteiger partial charge in [0.25, 0.3) is 0 Å². The molecule has 11 heteroatoms. The van der Waals surface area contributed by atoms with Gasteiger partial charge >= 0.3 is 0 Å². The van der Waals surface area contributed by atoms with Gasteiger partial charge in [-0.05, 0) is 28.4 Å². The van der Waals surface area contributed by atoms with Gasteiger partial charge in [0.05, 0.1) is 6.26 Å². The van der Waals surface area contributed by atoms with Gasteiger partial charge in [0.1, 0.15) is 10.7 Å². The van der Waals surface area contributed by atoms with E-state index >= 15 is 0 Å². The average molecular weight is 387 g/mol. The lowest BCUT2D eigenvalue weighted by Crippen LogP contribution is -2.30. The highest BCUT2D eigenvalue weighted by Crippen LogP contribution is 2.20. The maximum atomic E-state index is 12.0. The fourth-order valence-electron chi connectivity index (χ4n) is 1.28. The lowest BCUT2D eigenvalue weighted by Gasteiger charge is -2.09. The number of nitrogens with two attached hydrogens (primary N) is 1. The molecular weight excluding hydrogens is 372 g/mol. The van der Waals surface area contributed by atoms with Crippen molar-refractivity contribution in [3.05, 3.63) is 16.7 Å². The van der Waals surface area contributed by atoms with Gasteiger partial charge < -0.3 is 5.73 Å². The van der Waals surface area contributed by atoms with Crippen LogP contribution in [0, 0.1) is 0 Å². The number of anilines is 1. The molecule has 4 N–H and O–H groups in total. The minimum absolute atomic E-state index is 0.0802. The Morgan fingerprint density at radius 1 is 1.25 bits per heavy atom. The number of nitrogens with zero attached hydrogens (tertiary/aromatic N) is 1. The molecule has 0 aliphatic carbocycles. The number of pyridine rings is 1. The van der Waals surface area contributed by atoms with Gasteiger partial charge in [0, 0.05) is 23.8 Å². The molecule has 0 unspecified atom stereocenters. The second-order valence-electron chi connectivity index (χ2n) is 3.95. The van der Waals surface area contributed by atoms with E-state index in [1.165, 1.54) is 12.3 Å². The van der Waals surface area contributed by atoms with Crippen molar-refractivity contribution < 1.29 is 16.8 Å². The van der Waals surface area contributed by atoms with E-state index in [-0.39, 0.29) is 23.8 Å². The Labute approximate surface area is 126 Å². The predicted octanol–water partition coefficient (Wildman–Crippen LogP) is -0.356. The Morgan fingerprint density at radius 2 is 1.85 bits per heavy atom. The van der Waals surface area contributed by atoms with Gasteiger partial charge in [-0.25, -0.2) is 31.3 Å². The van der Waals surface area contributed by atoms with Gasteiger partial charge in [-0.1, -0.05) is 0 Å². The molecule has 1 heterocycles. The molecule has 0 aliphatic rings. The molecule has 1 aromatic rings. The molecule has 1 aromatic heterocycles. The number of sulfonamides is 2. The lowest BCUT2D eigenvalue weighted by molar-refractivity contribution is 0.575.